The predicted molar refractivity (Wildman–Crippen MR) is 97.9 cm³/mol. The van der Waals surface area contributed by atoms with Crippen LogP contribution in [-0.2, 0) is 4.79 Å². The second-order valence-electron chi connectivity index (χ2n) is 7.31. The molecule has 0 radical (unpaired) electrons. The van der Waals surface area contributed by atoms with E-state index in [9.17, 15) is 18.0 Å². The van der Waals surface area contributed by atoms with Crippen molar-refractivity contribution < 1.29 is 18.0 Å². The summed E-state index contributed by atoms with van der Waals surface area (Å²) >= 11 is 0. The van der Waals surface area contributed by atoms with Crippen LogP contribution in [0.5, 0.6) is 0 Å². The third-order valence-electron chi connectivity index (χ3n) is 5.06. The van der Waals surface area contributed by atoms with E-state index >= 15 is 0 Å². The second-order valence-corrected chi connectivity index (χ2v) is 7.31. The van der Waals surface area contributed by atoms with Crippen molar-refractivity contribution in [1.82, 2.24) is 4.90 Å². The predicted octanol–water partition coefficient (Wildman–Crippen LogP) is 4.08. The van der Waals surface area contributed by atoms with Crippen LogP contribution in [0.15, 0.2) is 42.5 Å². The van der Waals surface area contributed by atoms with E-state index in [1.807, 2.05) is 6.07 Å². The van der Waals surface area contributed by atoms with Crippen molar-refractivity contribution in [3.63, 3.8) is 0 Å². The third kappa shape index (κ3) is 3.86. The van der Waals surface area contributed by atoms with Gasteiger partial charge in [-0.25, -0.2) is 13.2 Å². The van der Waals surface area contributed by atoms with Crippen LogP contribution in [0.1, 0.15) is 48.9 Å². The number of amides is 1. The number of benzene rings is 2. The molecule has 3 atom stereocenters. The summed E-state index contributed by atoms with van der Waals surface area (Å²) in [4.78, 5) is 13.5. The van der Waals surface area contributed by atoms with Gasteiger partial charge in [0.1, 0.15) is 17.8 Å². The Balaban J connectivity index is 2.13. The summed E-state index contributed by atoms with van der Waals surface area (Å²) in [7, 11) is 0. The molecule has 1 aliphatic rings. The maximum atomic E-state index is 14.6. The monoisotopic (exact) mass is 376 g/mol. The van der Waals surface area contributed by atoms with Gasteiger partial charge in [-0.2, -0.15) is 0 Å². The molecule has 0 bridgehead atoms. The van der Waals surface area contributed by atoms with Crippen molar-refractivity contribution in [1.29, 1.82) is 0 Å². The highest BCUT2D eigenvalue weighted by atomic mass is 19.1. The van der Waals surface area contributed by atoms with E-state index in [0.29, 0.717) is 11.1 Å². The molecule has 0 saturated carbocycles. The van der Waals surface area contributed by atoms with E-state index in [2.05, 4.69) is 0 Å². The Morgan fingerprint density at radius 1 is 1.11 bits per heavy atom. The summed E-state index contributed by atoms with van der Waals surface area (Å²) in [5.74, 6) is -2.24. The first-order valence-electron chi connectivity index (χ1n) is 9.02. The van der Waals surface area contributed by atoms with Crippen molar-refractivity contribution in [2.45, 2.75) is 44.4 Å². The fraction of sp³-hybridized carbons (Fsp3) is 0.381. The van der Waals surface area contributed by atoms with Crippen LogP contribution >= 0.6 is 0 Å². The van der Waals surface area contributed by atoms with E-state index in [1.165, 1.54) is 12.1 Å². The molecule has 0 aliphatic carbocycles. The molecule has 1 amide bonds. The zero-order chi connectivity index (χ0) is 19.7. The standard InChI is InChI=1S/C21H23F3N2O/c1-12(2)19-16(23)8-14(9-17(19)24)20(13-6-4-3-5-7-13)26-11-15(22)10-18(26)21(25)27/h3-9,12,15,18,20H,10-11H2,1-2H3,(H2,25,27)/t15?,18?,20-/m0/s1. The van der Waals surface area contributed by atoms with Crippen molar-refractivity contribution in [3.8, 4) is 0 Å². The summed E-state index contributed by atoms with van der Waals surface area (Å²) in [6, 6.07) is 10.0. The number of hydrogen-bond acceptors (Lipinski definition) is 2. The number of alkyl halides is 1. The molecule has 2 aromatic carbocycles. The lowest BCUT2D eigenvalue weighted by Crippen LogP contribution is -2.42. The normalized spacial score (nSPS) is 21.6. The number of carbonyl (C=O) groups excluding carboxylic acids is 1. The highest BCUT2D eigenvalue weighted by molar-refractivity contribution is 5.80. The van der Waals surface area contributed by atoms with Gasteiger partial charge in [0.05, 0.1) is 12.1 Å². The topological polar surface area (TPSA) is 46.3 Å². The zero-order valence-electron chi connectivity index (χ0n) is 15.3. The van der Waals surface area contributed by atoms with Gasteiger partial charge in [-0.15, -0.1) is 0 Å². The Hall–Kier alpha value is -2.34. The molecule has 144 valence electrons. The second kappa shape index (κ2) is 7.72. The maximum absolute atomic E-state index is 14.6. The first-order chi connectivity index (χ1) is 12.8. The quantitative estimate of drug-likeness (QED) is 0.855. The molecular weight excluding hydrogens is 353 g/mol. The van der Waals surface area contributed by atoms with Crippen LogP contribution in [0.3, 0.4) is 0 Å². The number of carbonyl (C=O) groups is 1. The van der Waals surface area contributed by atoms with Crippen LogP contribution < -0.4 is 5.73 Å². The molecule has 1 aliphatic heterocycles. The average Bonchev–Trinajstić information content (AvgIpc) is 2.97. The molecule has 1 heterocycles. The molecular formula is C21H23F3N2O. The summed E-state index contributed by atoms with van der Waals surface area (Å²) in [6.45, 7) is 3.41. The Morgan fingerprint density at radius 3 is 2.22 bits per heavy atom. The van der Waals surface area contributed by atoms with Crippen molar-refractivity contribution in [2.75, 3.05) is 6.54 Å². The molecule has 0 spiro atoms. The van der Waals surface area contributed by atoms with Gasteiger partial charge in [0.25, 0.3) is 0 Å². The van der Waals surface area contributed by atoms with E-state index < -0.39 is 35.8 Å². The van der Waals surface area contributed by atoms with Crippen molar-refractivity contribution >= 4 is 5.91 Å². The number of rotatable bonds is 5. The number of nitrogens with zero attached hydrogens (tertiary/aromatic N) is 1. The first kappa shape index (κ1) is 19.4. The number of halogens is 3. The minimum absolute atomic E-state index is 0.0156. The van der Waals surface area contributed by atoms with Gasteiger partial charge in [-0.3, -0.25) is 9.69 Å². The zero-order valence-corrected chi connectivity index (χ0v) is 15.3. The maximum Gasteiger partial charge on any atom is 0.234 e. The van der Waals surface area contributed by atoms with Crippen LogP contribution in [0.4, 0.5) is 13.2 Å². The minimum Gasteiger partial charge on any atom is -0.368 e. The lowest BCUT2D eigenvalue weighted by molar-refractivity contribution is -0.122. The Morgan fingerprint density at radius 2 is 1.70 bits per heavy atom. The van der Waals surface area contributed by atoms with Crippen LogP contribution in [0, 0.1) is 11.6 Å². The third-order valence-corrected chi connectivity index (χ3v) is 5.06. The molecule has 3 nitrogen and oxygen atoms in total. The van der Waals surface area contributed by atoms with Gasteiger partial charge >= 0.3 is 0 Å². The largest absolute Gasteiger partial charge is 0.368 e. The van der Waals surface area contributed by atoms with Crippen LogP contribution in [0.2, 0.25) is 0 Å². The van der Waals surface area contributed by atoms with Gasteiger partial charge in [-0.1, -0.05) is 44.2 Å². The highest BCUT2D eigenvalue weighted by Crippen LogP contribution is 2.37. The number of likely N-dealkylation sites (tertiary alicyclic amines) is 1. The minimum atomic E-state index is -1.22. The fourth-order valence-corrected chi connectivity index (χ4v) is 3.90. The molecule has 27 heavy (non-hydrogen) atoms. The van der Waals surface area contributed by atoms with Crippen molar-refractivity contribution in [2.24, 2.45) is 5.73 Å². The average molecular weight is 376 g/mol. The lowest BCUT2D eigenvalue weighted by atomic mass is 9.92. The van der Waals surface area contributed by atoms with E-state index in [-0.39, 0.29) is 24.4 Å². The smallest absolute Gasteiger partial charge is 0.234 e. The molecule has 0 aromatic heterocycles. The summed E-state index contributed by atoms with van der Waals surface area (Å²) in [5.41, 5.74) is 6.54. The van der Waals surface area contributed by atoms with E-state index in [1.54, 1.807) is 43.0 Å². The van der Waals surface area contributed by atoms with Gasteiger partial charge in [0.2, 0.25) is 5.91 Å². The first-order valence-corrected chi connectivity index (χ1v) is 9.02. The van der Waals surface area contributed by atoms with Gasteiger partial charge in [0, 0.05) is 18.5 Å². The molecule has 1 fully saturated rings. The molecule has 6 heteroatoms. The van der Waals surface area contributed by atoms with Crippen molar-refractivity contribution in [3.05, 3.63) is 70.8 Å². The molecule has 1 saturated heterocycles. The molecule has 3 rings (SSSR count). The van der Waals surface area contributed by atoms with Crippen LogP contribution in [0.25, 0.3) is 0 Å². The van der Waals surface area contributed by atoms with Crippen LogP contribution in [-0.4, -0.2) is 29.6 Å². The molecule has 2 N–H and O–H groups in total. The Bertz CT molecular complexity index is 802. The van der Waals surface area contributed by atoms with E-state index in [0.717, 1.165) is 0 Å². The summed E-state index contributed by atoms with van der Waals surface area (Å²) in [5, 5.41) is 0. The summed E-state index contributed by atoms with van der Waals surface area (Å²) < 4.78 is 43.4. The van der Waals surface area contributed by atoms with Gasteiger partial charge in [-0.05, 0) is 29.2 Å². The SMILES string of the molecule is CC(C)c1c(F)cc([C@H](c2ccccc2)N2CC(F)CC2C(N)=O)cc1F. The fourth-order valence-electron chi connectivity index (χ4n) is 3.90. The highest BCUT2D eigenvalue weighted by Gasteiger charge is 2.41. The van der Waals surface area contributed by atoms with E-state index in [4.69, 9.17) is 5.73 Å². The lowest BCUT2D eigenvalue weighted by Gasteiger charge is -2.32. The van der Waals surface area contributed by atoms with Gasteiger partial charge in [0.15, 0.2) is 0 Å². The Kier molecular flexibility index (Phi) is 5.56. The molecule has 2 unspecified atom stereocenters. The number of primary amides is 1. The number of nitrogens with two attached hydrogens (primary N) is 1. The van der Waals surface area contributed by atoms with Gasteiger partial charge < -0.3 is 5.73 Å². The summed E-state index contributed by atoms with van der Waals surface area (Å²) in [6.07, 6.45) is -1.24. The Labute approximate surface area is 157 Å². The number of hydrogen-bond donors (Lipinski definition) is 1. The molecule has 2 aromatic rings.